The van der Waals surface area contributed by atoms with E-state index in [4.69, 9.17) is 9.47 Å². The van der Waals surface area contributed by atoms with Gasteiger partial charge in [-0.15, -0.1) is 0 Å². The lowest BCUT2D eigenvalue weighted by molar-refractivity contribution is -0.158. The molecule has 0 bridgehead atoms. The van der Waals surface area contributed by atoms with Crippen LogP contribution in [0.5, 0.6) is 0 Å². The smallest absolute Gasteiger partial charge is 0.217 e. The summed E-state index contributed by atoms with van der Waals surface area (Å²) in [5.74, 6) is 0.257. The molecule has 14 heavy (non-hydrogen) atoms. The Morgan fingerprint density at radius 2 is 1.86 bits per heavy atom. The molecular weight excluding hydrogens is 184 g/mol. The molecule has 0 aromatic heterocycles. The lowest BCUT2D eigenvalue weighted by Crippen LogP contribution is -2.27. The first kappa shape index (κ1) is 11.3. The third kappa shape index (κ3) is 2.62. The zero-order chi connectivity index (χ0) is 10.7. The molecule has 0 radical (unpaired) electrons. The lowest BCUT2D eigenvalue weighted by atomic mass is 10.1. The Morgan fingerprint density at radius 3 is 2.21 bits per heavy atom. The Labute approximate surface area is 83.6 Å². The van der Waals surface area contributed by atoms with E-state index in [1.54, 1.807) is 0 Å². The normalized spacial score (nSPS) is 25.1. The molecule has 0 N–H and O–H groups in total. The number of carbonyl (C=O) groups excluding carboxylic acids is 2. The van der Waals surface area contributed by atoms with Crippen molar-refractivity contribution in [2.75, 3.05) is 14.2 Å². The maximum Gasteiger partial charge on any atom is 0.217 e. The molecule has 1 rings (SSSR count). The van der Waals surface area contributed by atoms with Crippen molar-refractivity contribution in [1.29, 1.82) is 0 Å². The summed E-state index contributed by atoms with van der Waals surface area (Å²) < 4.78 is 9.53. The number of hydrogen-bond acceptors (Lipinski definition) is 4. The van der Waals surface area contributed by atoms with E-state index in [0.717, 1.165) is 6.42 Å². The predicted octanol–water partition coefficient (Wildman–Crippen LogP) is 0.790. The SMILES string of the molecule is COC(OC)C(=O)CC(=O)C1CC1C. The van der Waals surface area contributed by atoms with E-state index >= 15 is 0 Å². The van der Waals surface area contributed by atoms with E-state index in [-0.39, 0.29) is 23.9 Å². The highest BCUT2D eigenvalue weighted by molar-refractivity contribution is 6.02. The molecule has 0 saturated heterocycles. The van der Waals surface area contributed by atoms with E-state index in [1.165, 1.54) is 14.2 Å². The van der Waals surface area contributed by atoms with Crippen LogP contribution in [-0.4, -0.2) is 32.1 Å². The molecule has 0 aromatic rings. The zero-order valence-electron chi connectivity index (χ0n) is 8.78. The standard InChI is InChI=1S/C10H16O4/c1-6-4-7(6)8(11)5-9(12)10(13-2)14-3/h6-7,10H,4-5H2,1-3H3. The maximum atomic E-state index is 11.4. The van der Waals surface area contributed by atoms with Gasteiger partial charge < -0.3 is 9.47 Å². The van der Waals surface area contributed by atoms with E-state index in [0.29, 0.717) is 5.92 Å². The average molecular weight is 200 g/mol. The number of Topliss-reactive ketones (excluding diaryl/α,β-unsaturated/α-hetero) is 2. The molecule has 1 fully saturated rings. The topological polar surface area (TPSA) is 52.6 Å². The summed E-state index contributed by atoms with van der Waals surface area (Å²) in [6, 6.07) is 0. The monoisotopic (exact) mass is 200 g/mol. The second-order valence-electron chi connectivity index (χ2n) is 3.73. The van der Waals surface area contributed by atoms with Crippen LogP contribution in [0.25, 0.3) is 0 Å². The second-order valence-corrected chi connectivity index (χ2v) is 3.73. The predicted molar refractivity (Wildman–Crippen MR) is 49.7 cm³/mol. The molecule has 0 spiro atoms. The van der Waals surface area contributed by atoms with Crippen molar-refractivity contribution in [2.24, 2.45) is 11.8 Å². The van der Waals surface area contributed by atoms with Gasteiger partial charge in [0.1, 0.15) is 5.78 Å². The molecule has 0 aromatic carbocycles. The van der Waals surface area contributed by atoms with Gasteiger partial charge in [-0.3, -0.25) is 9.59 Å². The van der Waals surface area contributed by atoms with Crippen LogP contribution in [0.3, 0.4) is 0 Å². The van der Waals surface area contributed by atoms with Crippen molar-refractivity contribution in [3.05, 3.63) is 0 Å². The Kier molecular flexibility index (Phi) is 3.77. The minimum Gasteiger partial charge on any atom is -0.349 e. The molecule has 1 saturated carbocycles. The summed E-state index contributed by atoms with van der Waals surface area (Å²) in [4.78, 5) is 22.8. The highest BCUT2D eigenvalue weighted by Crippen LogP contribution is 2.39. The lowest BCUT2D eigenvalue weighted by Gasteiger charge is -2.10. The van der Waals surface area contributed by atoms with Crippen molar-refractivity contribution in [1.82, 2.24) is 0 Å². The van der Waals surface area contributed by atoms with Gasteiger partial charge in [-0.25, -0.2) is 0 Å². The van der Waals surface area contributed by atoms with Crippen LogP contribution < -0.4 is 0 Å². The van der Waals surface area contributed by atoms with Crippen LogP contribution in [0.1, 0.15) is 19.8 Å². The van der Waals surface area contributed by atoms with Crippen LogP contribution in [0, 0.1) is 11.8 Å². The summed E-state index contributed by atoms with van der Waals surface area (Å²) in [5, 5.41) is 0. The molecule has 2 unspecified atom stereocenters. The van der Waals surface area contributed by atoms with Gasteiger partial charge in [-0.05, 0) is 12.3 Å². The van der Waals surface area contributed by atoms with E-state index in [9.17, 15) is 9.59 Å². The average Bonchev–Trinajstić information content (AvgIpc) is 2.84. The van der Waals surface area contributed by atoms with Crippen molar-refractivity contribution in [3.63, 3.8) is 0 Å². The number of rotatable bonds is 6. The Balaban J connectivity index is 2.36. The van der Waals surface area contributed by atoms with Crippen molar-refractivity contribution >= 4 is 11.6 Å². The van der Waals surface area contributed by atoms with Crippen LogP contribution in [0.15, 0.2) is 0 Å². The number of methoxy groups -OCH3 is 2. The number of carbonyl (C=O) groups is 2. The zero-order valence-corrected chi connectivity index (χ0v) is 8.78. The molecule has 0 aliphatic heterocycles. The first-order valence-corrected chi connectivity index (χ1v) is 4.71. The fourth-order valence-corrected chi connectivity index (χ4v) is 1.52. The molecule has 4 heteroatoms. The van der Waals surface area contributed by atoms with E-state index in [1.807, 2.05) is 6.92 Å². The fraction of sp³-hybridized carbons (Fsp3) is 0.800. The third-order valence-corrected chi connectivity index (χ3v) is 2.56. The first-order valence-electron chi connectivity index (χ1n) is 4.71. The number of ketones is 2. The molecular formula is C10H16O4. The molecule has 2 atom stereocenters. The molecule has 4 nitrogen and oxygen atoms in total. The van der Waals surface area contributed by atoms with E-state index < -0.39 is 6.29 Å². The fourth-order valence-electron chi connectivity index (χ4n) is 1.52. The van der Waals surface area contributed by atoms with Crippen LogP contribution in [0.4, 0.5) is 0 Å². The molecule has 1 aliphatic rings. The van der Waals surface area contributed by atoms with Crippen molar-refractivity contribution < 1.29 is 19.1 Å². The van der Waals surface area contributed by atoms with Gasteiger partial charge in [-0.2, -0.15) is 0 Å². The highest BCUT2D eigenvalue weighted by atomic mass is 16.7. The summed E-state index contributed by atoms with van der Waals surface area (Å²) in [6.07, 6.45) is -0.0500. The summed E-state index contributed by atoms with van der Waals surface area (Å²) in [7, 11) is 2.77. The molecule has 0 amide bonds. The van der Waals surface area contributed by atoms with Gasteiger partial charge in [0, 0.05) is 20.1 Å². The van der Waals surface area contributed by atoms with E-state index in [2.05, 4.69) is 0 Å². The van der Waals surface area contributed by atoms with Gasteiger partial charge in [0.15, 0.2) is 5.78 Å². The van der Waals surface area contributed by atoms with Crippen LogP contribution in [0.2, 0.25) is 0 Å². The van der Waals surface area contributed by atoms with Crippen molar-refractivity contribution in [3.8, 4) is 0 Å². The van der Waals surface area contributed by atoms with Gasteiger partial charge in [-0.1, -0.05) is 6.92 Å². The number of hydrogen-bond donors (Lipinski definition) is 0. The van der Waals surface area contributed by atoms with Gasteiger partial charge >= 0.3 is 0 Å². The minimum absolute atomic E-state index is 0.0154. The first-order chi connectivity index (χ1) is 6.60. The van der Waals surface area contributed by atoms with Crippen molar-refractivity contribution in [2.45, 2.75) is 26.1 Å². The second kappa shape index (κ2) is 4.66. The molecule has 80 valence electrons. The summed E-state index contributed by atoms with van der Waals surface area (Å²) in [5.41, 5.74) is 0. The summed E-state index contributed by atoms with van der Waals surface area (Å²) >= 11 is 0. The highest BCUT2D eigenvalue weighted by Gasteiger charge is 2.39. The van der Waals surface area contributed by atoms with Gasteiger partial charge in [0.25, 0.3) is 0 Å². The quantitative estimate of drug-likeness (QED) is 0.470. The molecule has 1 aliphatic carbocycles. The maximum absolute atomic E-state index is 11.4. The Hall–Kier alpha value is -0.740. The number of ether oxygens (including phenoxy) is 2. The Bertz CT molecular complexity index is 232. The van der Waals surface area contributed by atoms with Gasteiger partial charge in [0.05, 0.1) is 6.42 Å². The molecule has 0 heterocycles. The minimum atomic E-state index is -0.895. The van der Waals surface area contributed by atoms with Crippen LogP contribution >= 0.6 is 0 Å². The third-order valence-electron chi connectivity index (χ3n) is 2.56. The Morgan fingerprint density at radius 1 is 1.36 bits per heavy atom. The van der Waals surface area contributed by atoms with Gasteiger partial charge in [0.2, 0.25) is 6.29 Å². The summed E-state index contributed by atoms with van der Waals surface area (Å²) in [6.45, 7) is 2.01. The largest absolute Gasteiger partial charge is 0.349 e. The van der Waals surface area contributed by atoms with Crippen LogP contribution in [-0.2, 0) is 19.1 Å².